The second kappa shape index (κ2) is 11.5. The van der Waals surface area contributed by atoms with Crippen molar-refractivity contribution in [1.29, 1.82) is 0 Å². The van der Waals surface area contributed by atoms with E-state index in [0.29, 0.717) is 37.4 Å². The molecule has 0 spiro atoms. The number of carbonyl (C=O) groups excluding carboxylic acids is 2. The fraction of sp³-hybridized carbons (Fsp3) is 0.400. The van der Waals surface area contributed by atoms with Crippen LogP contribution in [0.25, 0.3) is 10.8 Å². The number of hydrogen-bond donors (Lipinski definition) is 1. The third-order valence-corrected chi connectivity index (χ3v) is 7.46. The molecule has 7 nitrogen and oxygen atoms in total. The molecule has 0 saturated carbocycles. The van der Waals surface area contributed by atoms with Crippen molar-refractivity contribution >= 4 is 22.6 Å². The molecule has 3 aromatic rings. The van der Waals surface area contributed by atoms with Crippen LogP contribution in [0.5, 0.6) is 0 Å². The summed E-state index contributed by atoms with van der Waals surface area (Å²) in [7, 11) is 0. The number of carbonyl (C=O) groups is 2. The summed E-state index contributed by atoms with van der Waals surface area (Å²) in [5, 5.41) is 12.3. The van der Waals surface area contributed by atoms with Crippen LogP contribution in [0.2, 0.25) is 0 Å². The summed E-state index contributed by atoms with van der Waals surface area (Å²) < 4.78 is 6.02. The standard InChI is InChI=1S/C30H35N3O4/c1-2-27(22-8-4-3-5-9-22)37-21-24(34)20-32-16-14-31(15-17-32)18-19-33-29(35)25-12-6-10-23-11-7-13-26(28(23)25)30(33)36/h3-13,24,27,34H,2,14-21H2,1H3/t24-,27+/m1/s1. The van der Waals surface area contributed by atoms with Crippen molar-refractivity contribution in [2.75, 3.05) is 52.4 Å². The predicted molar refractivity (Wildman–Crippen MR) is 144 cm³/mol. The van der Waals surface area contributed by atoms with Crippen molar-refractivity contribution in [3.63, 3.8) is 0 Å². The van der Waals surface area contributed by atoms with Gasteiger partial charge in [-0.25, -0.2) is 0 Å². The molecular weight excluding hydrogens is 466 g/mol. The zero-order valence-corrected chi connectivity index (χ0v) is 21.4. The number of benzene rings is 3. The van der Waals surface area contributed by atoms with Gasteiger partial charge in [0.05, 0.1) is 18.8 Å². The molecule has 1 fully saturated rings. The highest BCUT2D eigenvalue weighted by Gasteiger charge is 2.33. The lowest BCUT2D eigenvalue weighted by Crippen LogP contribution is -2.51. The lowest BCUT2D eigenvalue weighted by atomic mass is 9.94. The molecule has 0 bridgehead atoms. The molecule has 3 aromatic carbocycles. The van der Waals surface area contributed by atoms with Crippen molar-refractivity contribution in [3.8, 4) is 0 Å². The van der Waals surface area contributed by atoms with Crippen LogP contribution >= 0.6 is 0 Å². The van der Waals surface area contributed by atoms with Crippen molar-refractivity contribution in [2.45, 2.75) is 25.6 Å². The summed E-state index contributed by atoms with van der Waals surface area (Å²) in [5.74, 6) is -0.422. The fourth-order valence-corrected chi connectivity index (χ4v) is 5.42. The smallest absolute Gasteiger partial charge is 0.261 e. The van der Waals surface area contributed by atoms with Gasteiger partial charge in [-0.2, -0.15) is 0 Å². The maximum absolute atomic E-state index is 13.1. The Morgan fingerprint density at radius 3 is 2.05 bits per heavy atom. The molecule has 2 aliphatic rings. The average molecular weight is 502 g/mol. The van der Waals surface area contributed by atoms with Gasteiger partial charge in [-0.05, 0) is 29.5 Å². The highest BCUT2D eigenvalue weighted by Crippen LogP contribution is 2.30. The number of nitrogens with zero attached hydrogens (tertiary/aromatic N) is 3. The first kappa shape index (κ1) is 25.5. The Bertz CT molecular complexity index is 1190. The Hall–Kier alpha value is -3.10. The number of β-amino-alcohol motifs (C(OH)–C–C–N with tert-alkyl or cyclic N) is 1. The first-order chi connectivity index (χ1) is 18.0. The maximum atomic E-state index is 13.1. The molecule has 0 unspecified atom stereocenters. The molecule has 194 valence electrons. The van der Waals surface area contributed by atoms with E-state index in [1.807, 2.05) is 54.6 Å². The van der Waals surface area contributed by atoms with E-state index in [1.165, 1.54) is 4.90 Å². The number of imide groups is 1. The SMILES string of the molecule is CC[C@H](OC[C@H](O)CN1CCN(CCN2C(=O)c3cccc4cccc(c34)C2=O)CC1)c1ccccc1. The highest BCUT2D eigenvalue weighted by molar-refractivity contribution is 6.25. The molecule has 5 rings (SSSR count). The summed E-state index contributed by atoms with van der Waals surface area (Å²) in [6, 6.07) is 21.4. The van der Waals surface area contributed by atoms with Crippen molar-refractivity contribution < 1.29 is 19.4 Å². The molecule has 0 aliphatic carbocycles. The number of piperazine rings is 1. The highest BCUT2D eigenvalue weighted by atomic mass is 16.5. The van der Waals surface area contributed by atoms with Crippen LogP contribution in [0.1, 0.15) is 45.7 Å². The Balaban J connectivity index is 1.08. The van der Waals surface area contributed by atoms with Gasteiger partial charge in [-0.15, -0.1) is 0 Å². The van der Waals surface area contributed by atoms with Gasteiger partial charge in [0.15, 0.2) is 0 Å². The van der Waals surface area contributed by atoms with Crippen molar-refractivity contribution in [3.05, 3.63) is 83.4 Å². The number of amides is 2. The van der Waals surface area contributed by atoms with Gasteiger partial charge in [0.25, 0.3) is 11.8 Å². The Kier molecular flexibility index (Phi) is 7.96. The Morgan fingerprint density at radius 1 is 0.811 bits per heavy atom. The molecule has 2 heterocycles. The summed E-state index contributed by atoms with van der Waals surface area (Å²) in [6.07, 6.45) is 0.306. The van der Waals surface area contributed by atoms with Gasteiger partial charge < -0.3 is 9.84 Å². The van der Waals surface area contributed by atoms with E-state index in [-0.39, 0.29) is 17.9 Å². The summed E-state index contributed by atoms with van der Waals surface area (Å²) in [5.41, 5.74) is 2.34. The van der Waals surface area contributed by atoms with Crippen LogP contribution in [0.4, 0.5) is 0 Å². The minimum Gasteiger partial charge on any atom is -0.389 e. The molecule has 0 radical (unpaired) electrons. The predicted octanol–water partition coefficient (Wildman–Crippen LogP) is 3.58. The molecule has 2 atom stereocenters. The number of ether oxygens (including phenoxy) is 1. The zero-order chi connectivity index (χ0) is 25.8. The molecule has 0 aromatic heterocycles. The molecule has 2 amide bonds. The Morgan fingerprint density at radius 2 is 1.43 bits per heavy atom. The lowest BCUT2D eigenvalue weighted by Gasteiger charge is -2.37. The number of aliphatic hydroxyl groups excluding tert-OH is 1. The number of hydrogen-bond acceptors (Lipinski definition) is 6. The largest absolute Gasteiger partial charge is 0.389 e. The third-order valence-electron chi connectivity index (χ3n) is 7.46. The quantitative estimate of drug-likeness (QED) is 0.428. The van der Waals surface area contributed by atoms with Crippen LogP contribution in [0.3, 0.4) is 0 Å². The minimum absolute atomic E-state index is 0.00754. The molecule has 37 heavy (non-hydrogen) atoms. The molecule has 1 N–H and O–H groups in total. The van der Waals surface area contributed by atoms with Gasteiger partial charge in [-0.1, -0.05) is 61.5 Å². The molecule has 1 saturated heterocycles. The van der Waals surface area contributed by atoms with Crippen LogP contribution in [-0.4, -0.2) is 90.1 Å². The molecule has 7 heteroatoms. The first-order valence-corrected chi connectivity index (χ1v) is 13.2. The monoisotopic (exact) mass is 501 g/mol. The van der Waals surface area contributed by atoms with E-state index in [9.17, 15) is 14.7 Å². The van der Waals surface area contributed by atoms with Gasteiger partial charge in [0.1, 0.15) is 0 Å². The summed E-state index contributed by atoms with van der Waals surface area (Å²) in [6.45, 7) is 7.31. The van der Waals surface area contributed by atoms with Gasteiger partial charge in [-0.3, -0.25) is 24.3 Å². The van der Waals surface area contributed by atoms with Crippen LogP contribution < -0.4 is 0 Å². The minimum atomic E-state index is -0.546. The van der Waals surface area contributed by atoms with E-state index in [0.717, 1.165) is 48.9 Å². The van der Waals surface area contributed by atoms with Crippen molar-refractivity contribution in [2.24, 2.45) is 0 Å². The third kappa shape index (κ3) is 5.60. The summed E-state index contributed by atoms with van der Waals surface area (Å²) >= 11 is 0. The maximum Gasteiger partial charge on any atom is 0.261 e. The number of rotatable bonds is 10. The molecule has 2 aliphatic heterocycles. The van der Waals surface area contributed by atoms with Crippen LogP contribution in [0.15, 0.2) is 66.7 Å². The zero-order valence-electron chi connectivity index (χ0n) is 21.4. The van der Waals surface area contributed by atoms with Gasteiger partial charge >= 0.3 is 0 Å². The van der Waals surface area contributed by atoms with E-state index < -0.39 is 6.10 Å². The van der Waals surface area contributed by atoms with Gasteiger partial charge in [0, 0.05) is 62.3 Å². The van der Waals surface area contributed by atoms with Crippen LogP contribution in [-0.2, 0) is 4.74 Å². The normalized spacial score (nSPS) is 18.4. The fourth-order valence-electron chi connectivity index (χ4n) is 5.42. The molecular formula is C30H35N3O4. The van der Waals surface area contributed by atoms with E-state index in [4.69, 9.17) is 4.74 Å². The van der Waals surface area contributed by atoms with E-state index >= 15 is 0 Å². The summed E-state index contributed by atoms with van der Waals surface area (Å²) in [4.78, 5) is 32.2. The van der Waals surface area contributed by atoms with Crippen LogP contribution in [0, 0.1) is 0 Å². The van der Waals surface area contributed by atoms with E-state index in [2.05, 4.69) is 28.9 Å². The average Bonchev–Trinajstić information content (AvgIpc) is 2.93. The Labute approximate surface area is 218 Å². The number of aliphatic hydroxyl groups is 1. The second-order valence-electron chi connectivity index (χ2n) is 9.91. The lowest BCUT2D eigenvalue weighted by molar-refractivity contribution is -0.0282. The van der Waals surface area contributed by atoms with Crippen molar-refractivity contribution in [1.82, 2.24) is 14.7 Å². The van der Waals surface area contributed by atoms with Gasteiger partial charge in [0.2, 0.25) is 0 Å². The first-order valence-electron chi connectivity index (χ1n) is 13.2. The second-order valence-corrected chi connectivity index (χ2v) is 9.91. The topological polar surface area (TPSA) is 73.3 Å². The van der Waals surface area contributed by atoms with E-state index in [1.54, 1.807) is 0 Å².